The Morgan fingerprint density at radius 3 is 2.15 bits per heavy atom. The van der Waals surface area contributed by atoms with Crippen LogP contribution in [0.15, 0.2) is 60.9 Å². The average Bonchev–Trinajstić information content (AvgIpc) is 2.85. The second kappa shape index (κ2) is 11.9. The summed E-state index contributed by atoms with van der Waals surface area (Å²) < 4.78 is 11.3. The summed E-state index contributed by atoms with van der Waals surface area (Å²) in [4.78, 5) is 8.91. The molecule has 1 aromatic heterocycles. The van der Waals surface area contributed by atoms with Gasteiger partial charge >= 0.3 is 0 Å². The van der Waals surface area contributed by atoms with Gasteiger partial charge in [0.1, 0.15) is 13.2 Å². The topological polar surface area (TPSA) is 64.5 Å². The third-order valence-corrected chi connectivity index (χ3v) is 5.16. The molecule has 0 saturated heterocycles. The van der Waals surface area contributed by atoms with E-state index in [2.05, 4.69) is 33.6 Å². The van der Waals surface area contributed by atoms with Crippen LogP contribution in [-0.4, -0.2) is 28.3 Å². The second-order valence-electron chi connectivity index (χ2n) is 7.45. The summed E-state index contributed by atoms with van der Waals surface area (Å²) in [6.45, 7) is 6.90. The second-order valence-corrected chi connectivity index (χ2v) is 7.45. The molecule has 0 amide bonds. The van der Waals surface area contributed by atoms with Gasteiger partial charge in [0.15, 0.2) is 5.60 Å². The van der Waals surface area contributed by atoms with Crippen LogP contribution < -0.4 is 0 Å². The van der Waals surface area contributed by atoms with Crippen molar-refractivity contribution in [3.05, 3.63) is 94.6 Å². The first kappa shape index (κ1) is 24.2. The molecule has 5 heteroatoms. The maximum Gasteiger partial charge on any atom is 0.159 e. The Bertz CT molecular complexity index is 1170. The smallest absolute Gasteiger partial charge is 0.159 e. The highest BCUT2D eigenvalue weighted by Gasteiger charge is 2.37. The fourth-order valence-corrected chi connectivity index (χ4v) is 3.44. The Morgan fingerprint density at radius 2 is 1.52 bits per heavy atom. The third kappa shape index (κ3) is 6.06. The van der Waals surface area contributed by atoms with E-state index in [1.165, 1.54) is 0 Å². The number of aliphatic hydroxyl groups is 1. The van der Waals surface area contributed by atoms with Gasteiger partial charge in [0, 0.05) is 6.20 Å². The summed E-state index contributed by atoms with van der Waals surface area (Å²) >= 11 is 0. The first-order chi connectivity index (χ1) is 16.1. The van der Waals surface area contributed by atoms with Gasteiger partial charge in [0.2, 0.25) is 0 Å². The Morgan fingerprint density at radius 1 is 0.848 bits per heavy atom. The van der Waals surface area contributed by atoms with Gasteiger partial charge in [0.05, 0.1) is 30.8 Å². The largest absolute Gasteiger partial charge is 0.374 e. The maximum absolute atomic E-state index is 12.2. The molecule has 1 unspecified atom stereocenters. The fraction of sp³-hybridized carbons (Fsp3) is 0.286. The number of hydrogen-bond donors (Lipinski definition) is 1. The van der Waals surface area contributed by atoms with E-state index in [-0.39, 0.29) is 0 Å². The molecule has 0 saturated carbocycles. The first-order valence-electron chi connectivity index (χ1n) is 10.7. The summed E-state index contributed by atoms with van der Waals surface area (Å²) in [5.41, 5.74) is 2.92. The minimum atomic E-state index is -1.51. The van der Waals surface area contributed by atoms with Crippen LogP contribution >= 0.6 is 0 Å². The predicted molar refractivity (Wildman–Crippen MR) is 128 cm³/mol. The molecule has 5 nitrogen and oxygen atoms in total. The Hall–Kier alpha value is -3.48. The molecule has 1 atom stereocenters. The van der Waals surface area contributed by atoms with Gasteiger partial charge < -0.3 is 14.6 Å². The molecular weight excluding hydrogens is 412 g/mol. The van der Waals surface area contributed by atoms with Crippen molar-refractivity contribution in [1.82, 2.24) is 9.97 Å². The molecule has 0 spiro atoms. The molecule has 1 heterocycles. The maximum atomic E-state index is 12.2. The minimum absolute atomic E-state index is 0.316. The van der Waals surface area contributed by atoms with E-state index >= 15 is 0 Å². The van der Waals surface area contributed by atoms with Crippen LogP contribution in [0.1, 0.15) is 47.5 Å². The molecule has 168 valence electrons. The van der Waals surface area contributed by atoms with Gasteiger partial charge in [-0.15, -0.1) is 11.8 Å². The zero-order valence-electron chi connectivity index (χ0n) is 19.3. The Balaban J connectivity index is 2.01. The van der Waals surface area contributed by atoms with Crippen LogP contribution in [0.3, 0.4) is 0 Å². The van der Waals surface area contributed by atoms with E-state index in [1.807, 2.05) is 55.5 Å². The molecule has 0 aliphatic rings. The molecule has 0 radical (unpaired) electrons. The van der Waals surface area contributed by atoms with E-state index in [0.717, 1.165) is 16.8 Å². The first-order valence-corrected chi connectivity index (χ1v) is 10.7. The normalized spacial score (nSPS) is 12.1. The van der Waals surface area contributed by atoms with E-state index in [0.29, 0.717) is 43.2 Å². The summed E-state index contributed by atoms with van der Waals surface area (Å²) in [6.07, 6.45) is 3.28. The van der Waals surface area contributed by atoms with Gasteiger partial charge in [0.25, 0.3) is 0 Å². The highest BCUT2D eigenvalue weighted by molar-refractivity contribution is 5.48. The Labute approximate surface area is 195 Å². The molecular formula is C28H28N2O3. The van der Waals surface area contributed by atoms with Crippen LogP contribution in [0.5, 0.6) is 0 Å². The zero-order chi connectivity index (χ0) is 23.5. The molecule has 0 aliphatic carbocycles. The van der Waals surface area contributed by atoms with Crippen LogP contribution in [0, 0.1) is 30.6 Å². The SMILES string of the molecule is CC#CCOCc1ccc(C(O)(c2cnc(C)cn2)c2ccccc2COCC#CC)cc1. The highest BCUT2D eigenvalue weighted by atomic mass is 16.5. The number of ether oxygens (including phenoxy) is 2. The molecule has 0 bridgehead atoms. The average molecular weight is 441 g/mol. The predicted octanol–water partition coefficient (Wildman–Crippen LogP) is 4.15. The fourth-order valence-electron chi connectivity index (χ4n) is 3.44. The summed E-state index contributed by atoms with van der Waals surface area (Å²) in [6, 6.07) is 15.3. The molecule has 2 aromatic carbocycles. The lowest BCUT2D eigenvalue weighted by molar-refractivity contribution is 0.111. The van der Waals surface area contributed by atoms with Crippen LogP contribution in [-0.2, 0) is 28.3 Å². The monoisotopic (exact) mass is 440 g/mol. The summed E-state index contributed by atoms with van der Waals surface area (Å²) in [7, 11) is 0. The van der Waals surface area contributed by atoms with E-state index in [1.54, 1.807) is 26.2 Å². The third-order valence-electron chi connectivity index (χ3n) is 5.16. The Kier molecular flexibility index (Phi) is 8.75. The van der Waals surface area contributed by atoms with E-state index in [4.69, 9.17) is 9.47 Å². The van der Waals surface area contributed by atoms with Crippen molar-refractivity contribution in [3.63, 3.8) is 0 Å². The number of aromatic nitrogens is 2. The van der Waals surface area contributed by atoms with Gasteiger partial charge in [-0.2, -0.15) is 0 Å². The van der Waals surface area contributed by atoms with Crippen molar-refractivity contribution in [3.8, 4) is 23.7 Å². The lowest BCUT2D eigenvalue weighted by Gasteiger charge is -2.31. The van der Waals surface area contributed by atoms with Crippen molar-refractivity contribution in [2.75, 3.05) is 13.2 Å². The van der Waals surface area contributed by atoms with Crippen LogP contribution in [0.4, 0.5) is 0 Å². The van der Waals surface area contributed by atoms with Crippen LogP contribution in [0.2, 0.25) is 0 Å². The van der Waals surface area contributed by atoms with Crippen molar-refractivity contribution in [2.24, 2.45) is 0 Å². The molecule has 1 N–H and O–H groups in total. The van der Waals surface area contributed by atoms with Crippen LogP contribution in [0.25, 0.3) is 0 Å². The number of hydrogen-bond acceptors (Lipinski definition) is 5. The van der Waals surface area contributed by atoms with Gasteiger partial charge in [-0.1, -0.05) is 60.4 Å². The van der Waals surface area contributed by atoms with Crippen molar-refractivity contribution in [2.45, 2.75) is 39.6 Å². The molecule has 33 heavy (non-hydrogen) atoms. The summed E-state index contributed by atoms with van der Waals surface area (Å²) in [5.74, 6) is 11.4. The quantitative estimate of drug-likeness (QED) is 0.400. The number of benzene rings is 2. The van der Waals surface area contributed by atoms with E-state index < -0.39 is 5.60 Å². The standard InChI is InChI=1S/C28H28N2O3/c1-4-6-16-32-20-23-12-14-25(15-13-23)28(31,27-19-29-22(3)18-30-27)26-11-9-8-10-24(26)21-33-17-7-5-2/h8-15,18-19,31H,16-17,20-21H2,1-3H3. The summed E-state index contributed by atoms with van der Waals surface area (Å²) in [5, 5.41) is 12.2. The van der Waals surface area contributed by atoms with Gasteiger partial charge in [-0.3, -0.25) is 9.97 Å². The lowest BCUT2D eigenvalue weighted by atomic mass is 9.81. The molecule has 0 fully saturated rings. The van der Waals surface area contributed by atoms with Crippen molar-refractivity contribution in [1.29, 1.82) is 0 Å². The number of rotatable bonds is 9. The number of aryl methyl sites for hydroxylation is 1. The van der Waals surface area contributed by atoms with E-state index in [9.17, 15) is 5.11 Å². The zero-order valence-corrected chi connectivity index (χ0v) is 19.3. The lowest BCUT2D eigenvalue weighted by Crippen LogP contribution is -2.31. The molecule has 0 aliphatic heterocycles. The van der Waals surface area contributed by atoms with Crippen molar-refractivity contribution >= 4 is 0 Å². The molecule has 3 rings (SSSR count). The number of nitrogens with zero attached hydrogens (tertiary/aromatic N) is 2. The van der Waals surface area contributed by atoms with Gasteiger partial charge in [-0.05, 0) is 43.0 Å². The molecule has 3 aromatic rings. The van der Waals surface area contributed by atoms with Gasteiger partial charge in [-0.25, -0.2) is 0 Å². The van der Waals surface area contributed by atoms with Crippen molar-refractivity contribution < 1.29 is 14.6 Å². The highest BCUT2D eigenvalue weighted by Crippen LogP contribution is 2.37. The minimum Gasteiger partial charge on any atom is -0.374 e.